The molecule has 126 valence electrons. The summed E-state index contributed by atoms with van der Waals surface area (Å²) in [6, 6.07) is 7.00. The Balaban J connectivity index is 1.90. The second kappa shape index (κ2) is 6.20. The van der Waals surface area contributed by atoms with Crippen LogP contribution in [0.1, 0.15) is 45.4 Å². The van der Waals surface area contributed by atoms with Crippen LogP contribution in [0.2, 0.25) is 0 Å². The van der Waals surface area contributed by atoms with Gasteiger partial charge in [-0.2, -0.15) is 0 Å². The molecule has 0 aliphatic carbocycles. The standard InChI is InChI=1S/C20H30N2O/c1-14(21-13-20(2,3)4)11-16-17-12-15(23-5)8-9-19(17)22-10-6-7-18(16)22/h8-9,12,14,21H,6-7,10-11,13H2,1-5H3. The summed E-state index contributed by atoms with van der Waals surface area (Å²) in [6.07, 6.45) is 3.56. The summed E-state index contributed by atoms with van der Waals surface area (Å²) in [5.74, 6) is 0.957. The van der Waals surface area contributed by atoms with Crippen molar-refractivity contribution in [3.63, 3.8) is 0 Å². The molecule has 3 heteroatoms. The third-order valence-electron chi connectivity index (χ3n) is 4.78. The number of hydrogen-bond donors (Lipinski definition) is 1. The van der Waals surface area contributed by atoms with Gasteiger partial charge in [-0.25, -0.2) is 0 Å². The van der Waals surface area contributed by atoms with Gasteiger partial charge in [-0.3, -0.25) is 0 Å². The quantitative estimate of drug-likeness (QED) is 0.897. The van der Waals surface area contributed by atoms with Crippen molar-refractivity contribution in [3.8, 4) is 5.75 Å². The molecule has 0 bridgehead atoms. The topological polar surface area (TPSA) is 26.2 Å². The highest BCUT2D eigenvalue weighted by molar-refractivity contribution is 5.87. The lowest BCUT2D eigenvalue weighted by atomic mass is 9.95. The summed E-state index contributed by atoms with van der Waals surface area (Å²) in [5, 5.41) is 5.08. The molecule has 3 rings (SSSR count). The smallest absolute Gasteiger partial charge is 0.119 e. The van der Waals surface area contributed by atoms with E-state index >= 15 is 0 Å². The van der Waals surface area contributed by atoms with Gasteiger partial charge in [0.25, 0.3) is 0 Å². The van der Waals surface area contributed by atoms with Gasteiger partial charge in [0.1, 0.15) is 5.75 Å². The van der Waals surface area contributed by atoms with E-state index in [-0.39, 0.29) is 0 Å². The Labute approximate surface area is 140 Å². The molecular weight excluding hydrogens is 284 g/mol. The van der Waals surface area contributed by atoms with E-state index in [2.05, 4.69) is 55.8 Å². The zero-order chi connectivity index (χ0) is 16.6. The molecule has 2 heterocycles. The lowest BCUT2D eigenvalue weighted by molar-refractivity contribution is 0.356. The minimum Gasteiger partial charge on any atom is -0.497 e. The van der Waals surface area contributed by atoms with Gasteiger partial charge in [-0.05, 0) is 55.4 Å². The first kappa shape index (κ1) is 16.4. The zero-order valence-corrected chi connectivity index (χ0v) is 15.2. The van der Waals surface area contributed by atoms with Crippen molar-refractivity contribution in [2.75, 3.05) is 13.7 Å². The van der Waals surface area contributed by atoms with Crippen LogP contribution in [-0.2, 0) is 19.4 Å². The summed E-state index contributed by atoms with van der Waals surface area (Å²) in [6.45, 7) is 11.3. The maximum atomic E-state index is 5.45. The van der Waals surface area contributed by atoms with E-state index in [9.17, 15) is 0 Å². The number of fused-ring (bicyclic) bond motifs is 3. The molecule has 0 amide bonds. The summed E-state index contributed by atoms with van der Waals surface area (Å²) in [4.78, 5) is 0. The van der Waals surface area contributed by atoms with Gasteiger partial charge in [0.05, 0.1) is 7.11 Å². The van der Waals surface area contributed by atoms with Crippen LogP contribution >= 0.6 is 0 Å². The number of aromatic nitrogens is 1. The molecule has 0 fully saturated rings. The van der Waals surface area contributed by atoms with Gasteiger partial charge in [-0.1, -0.05) is 20.8 Å². The zero-order valence-electron chi connectivity index (χ0n) is 15.2. The fourth-order valence-electron chi connectivity index (χ4n) is 3.62. The van der Waals surface area contributed by atoms with Crippen LogP contribution in [0.25, 0.3) is 10.9 Å². The molecule has 2 aromatic rings. The summed E-state index contributed by atoms with van der Waals surface area (Å²) >= 11 is 0. The van der Waals surface area contributed by atoms with Crippen molar-refractivity contribution < 1.29 is 4.74 Å². The lowest BCUT2D eigenvalue weighted by Gasteiger charge is -2.23. The molecule has 1 aromatic heterocycles. The van der Waals surface area contributed by atoms with E-state index in [0.717, 1.165) is 25.3 Å². The minimum atomic E-state index is 0.322. The average Bonchev–Trinajstić information content (AvgIpc) is 3.07. The molecule has 1 aliphatic heterocycles. The Kier molecular flexibility index (Phi) is 4.41. The lowest BCUT2D eigenvalue weighted by Crippen LogP contribution is -2.35. The van der Waals surface area contributed by atoms with E-state index in [1.807, 2.05) is 0 Å². The monoisotopic (exact) mass is 314 g/mol. The summed E-state index contributed by atoms with van der Waals surface area (Å²) < 4.78 is 7.96. The third-order valence-corrected chi connectivity index (χ3v) is 4.78. The van der Waals surface area contributed by atoms with Gasteiger partial charge in [0.2, 0.25) is 0 Å². The van der Waals surface area contributed by atoms with Crippen LogP contribution < -0.4 is 10.1 Å². The first-order chi connectivity index (χ1) is 10.9. The number of aryl methyl sites for hydroxylation is 1. The average molecular weight is 314 g/mol. The maximum absolute atomic E-state index is 5.45. The van der Waals surface area contributed by atoms with Crippen LogP contribution in [0.15, 0.2) is 18.2 Å². The molecule has 3 nitrogen and oxygen atoms in total. The highest BCUT2D eigenvalue weighted by Crippen LogP contribution is 2.34. The Morgan fingerprint density at radius 2 is 2.09 bits per heavy atom. The van der Waals surface area contributed by atoms with E-state index in [4.69, 9.17) is 4.74 Å². The number of nitrogens with one attached hydrogen (secondary N) is 1. The molecule has 1 aromatic carbocycles. The number of nitrogens with zero attached hydrogens (tertiary/aromatic N) is 1. The van der Waals surface area contributed by atoms with Crippen molar-refractivity contribution in [1.82, 2.24) is 9.88 Å². The normalized spacial score (nSPS) is 15.9. The molecule has 1 atom stereocenters. The Hall–Kier alpha value is -1.48. The van der Waals surface area contributed by atoms with Crippen LogP contribution in [-0.4, -0.2) is 24.3 Å². The fourth-order valence-corrected chi connectivity index (χ4v) is 3.62. The van der Waals surface area contributed by atoms with Gasteiger partial charge >= 0.3 is 0 Å². The Morgan fingerprint density at radius 3 is 2.78 bits per heavy atom. The van der Waals surface area contributed by atoms with E-state index in [1.54, 1.807) is 7.11 Å². The Morgan fingerprint density at radius 1 is 1.30 bits per heavy atom. The van der Waals surface area contributed by atoms with Crippen LogP contribution in [0, 0.1) is 5.41 Å². The molecule has 0 saturated heterocycles. The summed E-state index contributed by atoms with van der Waals surface area (Å²) in [7, 11) is 1.75. The second-order valence-electron chi connectivity index (χ2n) is 8.11. The molecule has 0 radical (unpaired) electrons. The molecule has 0 saturated carbocycles. The predicted octanol–water partition coefficient (Wildman–Crippen LogP) is 4.16. The number of hydrogen-bond acceptors (Lipinski definition) is 2. The van der Waals surface area contributed by atoms with Gasteiger partial charge in [0.15, 0.2) is 0 Å². The molecule has 1 N–H and O–H groups in total. The van der Waals surface area contributed by atoms with Gasteiger partial charge in [0, 0.05) is 35.7 Å². The molecule has 23 heavy (non-hydrogen) atoms. The fraction of sp³-hybridized carbons (Fsp3) is 0.600. The van der Waals surface area contributed by atoms with Crippen LogP contribution in [0.4, 0.5) is 0 Å². The molecule has 1 unspecified atom stereocenters. The minimum absolute atomic E-state index is 0.322. The molecule has 1 aliphatic rings. The van der Waals surface area contributed by atoms with E-state index in [1.165, 1.54) is 35.0 Å². The van der Waals surface area contributed by atoms with Gasteiger partial charge in [-0.15, -0.1) is 0 Å². The Bertz CT molecular complexity index is 694. The van der Waals surface area contributed by atoms with Crippen molar-refractivity contribution in [1.29, 1.82) is 0 Å². The molecular formula is C20H30N2O. The van der Waals surface area contributed by atoms with E-state index in [0.29, 0.717) is 11.5 Å². The second-order valence-corrected chi connectivity index (χ2v) is 8.11. The molecule has 0 spiro atoms. The SMILES string of the molecule is COc1ccc2c(c1)c(CC(C)NCC(C)(C)C)c1n2CCC1. The largest absolute Gasteiger partial charge is 0.497 e. The van der Waals surface area contributed by atoms with Crippen LogP contribution in [0.3, 0.4) is 0 Å². The first-order valence-corrected chi connectivity index (χ1v) is 8.80. The highest BCUT2D eigenvalue weighted by Gasteiger charge is 2.23. The van der Waals surface area contributed by atoms with Gasteiger partial charge < -0.3 is 14.6 Å². The number of benzene rings is 1. The highest BCUT2D eigenvalue weighted by atomic mass is 16.5. The number of rotatable bonds is 5. The first-order valence-electron chi connectivity index (χ1n) is 8.80. The number of methoxy groups -OCH3 is 1. The summed E-state index contributed by atoms with van der Waals surface area (Å²) in [5.41, 5.74) is 4.75. The van der Waals surface area contributed by atoms with Crippen molar-refractivity contribution in [2.45, 2.75) is 59.5 Å². The maximum Gasteiger partial charge on any atom is 0.119 e. The third kappa shape index (κ3) is 3.40. The van der Waals surface area contributed by atoms with Crippen molar-refractivity contribution >= 4 is 10.9 Å². The number of ether oxygens (including phenoxy) is 1. The van der Waals surface area contributed by atoms with Crippen LogP contribution in [0.5, 0.6) is 5.75 Å². The van der Waals surface area contributed by atoms with Crippen molar-refractivity contribution in [3.05, 3.63) is 29.5 Å². The van der Waals surface area contributed by atoms with E-state index < -0.39 is 0 Å². The predicted molar refractivity (Wildman–Crippen MR) is 97.4 cm³/mol. The van der Waals surface area contributed by atoms with Crippen molar-refractivity contribution in [2.24, 2.45) is 5.41 Å².